The van der Waals surface area contributed by atoms with Crippen molar-refractivity contribution in [1.82, 2.24) is 0 Å². The Morgan fingerprint density at radius 2 is 2.18 bits per heavy atom. The molecular weight excluding hydrogens is 216 g/mol. The Balaban J connectivity index is 2.08. The first-order chi connectivity index (χ1) is 8.15. The van der Waals surface area contributed by atoms with Crippen molar-refractivity contribution in [2.75, 3.05) is 0 Å². The van der Waals surface area contributed by atoms with Crippen molar-refractivity contribution in [1.29, 1.82) is 0 Å². The van der Waals surface area contributed by atoms with Crippen molar-refractivity contribution in [3.8, 4) is 0 Å². The van der Waals surface area contributed by atoms with Crippen LogP contribution < -0.4 is 0 Å². The van der Waals surface area contributed by atoms with Gasteiger partial charge in [-0.3, -0.25) is 9.59 Å². The molecule has 3 nitrogen and oxygen atoms in total. The number of unbranched alkanes of at least 4 members (excludes halogenated alkanes) is 2. The van der Waals surface area contributed by atoms with Gasteiger partial charge in [0.15, 0.2) is 5.78 Å². The molecule has 0 heterocycles. The Hall–Kier alpha value is -1.12. The summed E-state index contributed by atoms with van der Waals surface area (Å²) in [5.74, 6) is -0.564. The van der Waals surface area contributed by atoms with Crippen LogP contribution in [-0.2, 0) is 9.59 Å². The van der Waals surface area contributed by atoms with Crippen molar-refractivity contribution in [2.45, 2.75) is 58.3 Å². The van der Waals surface area contributed by atoms with Crippen LogP contribution in [-0.4, -0.2) is 16.9 Å². The van der Waals surface area contributed by atoms with E-state index in [0.29, 0.717) is 18.6 Å². The van der Waals surface area contributed by atoms with Gasteiger partial charge in [-0.05, 0) is 37.7 Å². The average molecular weight is 238 g/mol. The molecule has 0 saturated carbocycles. The quantitative estimate of drug-likeness (QED) is 0.660. The highest BCUT2D eigenvalue weighted by molar-refractivity contribution is 5.97. The van der Waals surface area contributed by atoms with Crippen LogP contribution in [0.4, 0.5) is 0 Å². The van der Waals surface area contributed by atoms with Gasteiger partial charge in [0.25, 0.3) is 0 Å². The molecule has 0 aromatic heterocycles. The van der Waals surface area contributed by atoms with Crippen LogP contribution in [0.5, 0.6) is 0 Å². The van der Waals surface area contributed by atoms with Gasteiger partial charge in [0.2, 0.25) is 0 Å². The molecule has 1 aliphatic carbocycles. The topological polar surface area (TPSA) is 54.4 Å². The largest absolute Gasteiger partial charge is 0.481 e. The maximum Gasteiger partial charge on any atom is 0.306 e. The molecular formula is C14H22O3. The van der Waals surface area contributed by atoms with E-state index in [1.165, 1.54) is 0 Å². The molecule has 0 spiro atoms. The lowest BCUT2D eigenvalue weighted by Crippen LogP contribution is -2.12. The Labute approximate surface area is 103 Å². The average Bonchev–Trinajstić information content (AvgIpc) is 2.69. The van der Waals surface area contributed by atoms with E-state index in [4.69, 9.17) is 5.11 Å². The third-order valence-corrected chi connectivity index (χ3v) is 3.46. The van der Waals surface area contributed by atoms with Crippen molar-refractivity contribution in [3.63, 3.8) is 0 Å². The van der Waals surface area contributed by atoms with Crippen LogP contribution in [0, 0.1) is 5.92 Å². The molecule has 17 heavy (non-hydrogen) atoms. The maximum absolute atomic E-state index is 11.3. The lowest BCUT2D eigenvalue weighted by molar-refractivity contribution is -0.142. The first-order valence-electron chi connectivity index (χ1n) is 6.60. The smallest absolute Gasteiger partial charge is 0.306 e. The first kappa shape index (κ1) is 13.9. The van der Waals surface area contributed by atoms with Crippen LogP contribution in [0.2, 0.25) is 0 Å². The normalized spacial score (nSPS) is 17.0. The molecule has 1 N–H and O–H groups in total. The third-order valence-electron chi connectivity index (χ3n) is 3.46. The Bertz CT molecular complexity index is 305. The predicted molar refractivity (Wildman–Crippen MR) is 66.8 cm³/mol. The minimum absolute atomic E-state index is 0.192. The summed E-state index contributed by atoms with van der Waals surface area (Å²) in [7, 11) is 0. The summed E-state index contributed by atoms with van der Waals surface area (Å²) in [6, 6.07) is 0. The lowest BCUT2D eigenvalue weighted by atomic mass is 9.97. The van der Waals surface area contributed by atoms with E-state index in [9.17, 15) is 9.59 Å². The standard InChI is InChI=1S/C14H22O3/c1-2-11(14(16)17)7-4-3-5-8-12-9-6-10-13(12)15/h9,11H,2-8,10H2,1H3,(H,16,17). The highest BCUT2D eigenvalue weighted by Gasteiger charge is 2.15. The number of carboxylic acid groups (broad SMARTS) is 1. The summed E-state index contributed by atoms with van der Waals surface area (Å²) >= 11 is 0. The Morgan fingerprint density at radius 1 is 1.41 bits per heavy atom. The van der Waals surface area contributed by atoms with Gasteiger partial charge in [0.05, 0.1) is 5.92 Å². The fraction of sp³-hybridized carbons (Fsp3) is 0.714. The molecule has 0 radical (unpaired) electrons. The second-order valence-corrected chi connectivity index (χ2v) is 4.73. The van der Waals surface area contributed by atoms with Crippen molar-refractivity contribution in [3.05, 3.63) is 11.6 Å². The monoisotopic (exact) mass is 238 g/mol. The summed E-state index contributed by atoms with van der Waals surface area (Å²) < 4.78 is 0. The molecule has 1 rings (SSSR count). The number of Topliss-reactive ketones (excluding diaryl/α,β-unsaturated/α-hetero) is 1. The molecule has 96 valence electrons. The number of rotatable bonds is 8. The fourth-order valence-electron chi connectivity index (χ4n) is 2.28. The minimum atomic E-state index is -0.679. The summed E-state index contributed by atoms with van der Waals surface area (Å²) in [6.07, 6.45) is 8.97. The molecule has 0 aliphatic heterocycles. The van der Waals surface area contributed by atoms with Crippen LogP contribution in [0.3, 0.4) is 0 Å². The summed E-state index contributed by atoms with van der Waals surface area (Å²) in [5, 5.41) is 8.88. The number of carbonyl (C=O) groups excluding carboxylic acids is 1. The number of hydrogen-bond acceptors (Lipinski definition) is 2. The van der Waals surface area contributed by atoms with E-state index in [1.54, 1.807) is 0 Å². The molecule has 0 fully saturated rings. The molecule has 0 aromatic carbocycles. The van der Waals surface area contributed by atoms with Gasteiger partial charge in [-0.1, -0.05) is 25.8 Å². The molecule has 3 heteroatoms. The second-order valence-electron chi connectivity index (χ2n) is 4.73. The summed E-state index contributed by atoms with van der Waals surface area (Å²) in [6.45, 7) is 1.92. The highest BCUT2D eigenvalue weighted by atomic mass is 16.4. The summed E-state index contributed by atoms with van der Waals surface area (Å²) in [4.78, 5) is 22.1. The number of carbonyl (C=O) groups is 2. The minimum Gasteiger partial charge on any atom is -0.481 e. The second kappa shape index (κ2) is 7.25. The van der Waals surface area contributed by atoms with Gasteiger partial charge in [-0.15, -0.1) is 0 Å². The zero-order valence-corrected chi connectivity index (χ0v) is 10.6. The molecule has 0 bridgehead atoms. The lowest BCUT2D eigenvalue weighted by Gasteiger charge is -2.08. The number of carboxylic acids is 1. The fourth-order valence-corrected chi connectivity index (χ4v) is 2.28. The van der Waals surface area contributed by atoms with Crippen molar-refractivity contribution in [2.24, 2.45) is 5.92 Å². The first-order valence-corrected chi connectivity index (χ1v) is 6.60. The highest BCUT2D eigenvalue weighted by Crippen LogP contribution is 2.21. The predicted octanol–water partition coefficient (Wildman–Crippen LogP) is 3.34. The summed E-state index contributed by atoms with van der Waals surface area (Å²) in [5.41, 5.74) is 0.996. The Morgan fingerprint density at radius 3 is 2.71 bits per heavy atom. The Kier molecular flexibility index (Phi) is 5.95. The van der Waals surface area contributed by atoms with Crippen LogP contribution >= 0.6 is 0 Å². The zero-order valence-electron chi connectivity index (χ0n) is 10.6. The van der Waals surface area contributed by atoms with Crippen molar-refractivity contribution < 1.29 is 14.7 Å². The third kappa shape index (κ3) is 4.72. The number of allylic oxidation sites excluding steroid dienone is 2. The number of aliphatic carboxylic acids is 1. The molecule has 1 atom stereocenters. The number of ketones is 1. The van der Waals surface area contributed by atoms with E-state index in [1.807, 2.05) is 6.92 Å². The van der Waals surface area contributed by atoms with E-state index >= 15 is 0 Å². The zero-order chi connectivity index (χ0) is 12.7. The maximum atomic E-state index is 11.3. The molecule has 0 amide bonds. The molecule has 1 aliphatic rings. The van der Waals surface area contributed by atoms with E-state index in [2.05, 4.69) is 6.08 Å². The van der Waals surface area contributed by atoms with Gasteiger partial charge in [0.1, 0.15) is 0 Å². The molecule has 0 aromatic rings. The SMILES string of the molecule is CCC(CCCCCC1=CCCC1=O)C(=O)O. The van der Waals surface area contributed by atoms with E-state index in [0.717, 1.165) is 44.1 Å². The van der Waals surface area contributed by atoms with Crippen LogP contribution in [0.15, 0.2) is 11.6 Å². The van der Waals surface area contributed by atoms with Gasteiger partial charge in [-0.2, -0.15) is 0 Å². The van der Waals surface area contributed by atoms with Gasteiger partial charge < -0.3 is 5.11 Å². The van der Waals surface area contributed by atoms with Crippen LogP contribution in [0.1, 0.15) is 58.3 Å². The van der Waals surface area contributed by atoms with Gasteiger partial charge in [-0.25, -0.2) is 0 Å². The number of hydrogen-bond donors (Lipinski definition) is 1. The van der Waals surface area contributed by atoms with Crippen molar-refractivity contribution >= 4 is 11.8 Å². The molecule has 1 unspecified atom stereocenters. The van der Waals surface area contributed by atoms with Gasteiger partial charge in [0, 0.05) is 6.42 Å². The van der Waals surface area contributed by atoms with E-state index < -0.39 is 5.97 Å². The van der Waals surface area contributed by atoms with Gasteiger partial charge >= 0.3 is 5.97 Å². The molecule has 0 saturated heterocycles. The van der Waals surface area contributed by atoms with E-state index in [-0.39, 0.29) is 5.92 Å². The van der Waals surface area contributed by atoms with Crippen LogP contribution in [0.25, 0.3) is 0 Å².